The molecule has 1 N–H and O–H groups in total. The summed E-state index contributed by atoms with van der Waals surface area (Å²) in [5, 5.41) is 10.6. The number of benzene rings is 2. The summed E-state index contributed by atoms with van der Waals surface area (Å²) in [7, 11) is 0. The van der Waals surface area contributed by atoms with Gasteiger partial charge in [-0.2, -0.15) is 0 Å². The van der Waals surface area contributed by atoms with Gasteiger partial charge in [0.2, 0.25) is 0 Å². The number of carbonyl (C=O) groups is 2. The Morgan fingerprint density at radius 2 is 1.80 bits per heavy atom. The third-order valence-electron chi connectivity index (χ3n) is 5.33. The molecule has 0 spiro atoms. The first-order valence-electron chi connectivity index (χ1n) is 10.1. The van der Waals surface area contributed by atoms with Gasteiger partial charge in [-0.05, 0) is 55.2 Å². The van der Waals surface area contributed by atoms with Crippen LogP contribution in [0, 0.1) is 12.8 Å². The highest BCUT2D eigenvalue weighted by atomic mass is 16.5. The van der Waals surface area contributed by atoms with Crippen LogP contribution in [0.3, 0.4) is 0 Å². The van der Waals surface area contributed by atoms with Crippen molar-refractivity contribution in [2.24, 2.45) is 5.92 Å². The van der Waals surface area contributed by atoms with Crippen molar-refractivity contribution < 1.29 is 19.4 Å². The van der Waals surface area contributed by atoms with E-state index in [-0.39, 0.29) is 36.1 Å². The number of allylic oxidation sites excluding steroid dienone is 1. The average molecular weight is 405 g/mol. The lowest BCUT2D eigenvalue weighted by molar-refractivity contribution is -0.149. The third kappa shape index (κ3) is 4.62. The summed E-state index contributed by atoms with van der Waals surface area (Å²) in [6.45, 7) is 7.65. The van der Waals surface area contributed by atoms with Crippen molar-refractivity contribution in [1.82, 2.24) is 4.57 Å². The summed E-state index contributed by atoms with van der Waals surface area (Å²) in [6, 6.07) is 14.4. The van der Waals surface area contributed by atoms with Gasteiger partial charge in [-0.3, -0.25) is 14.2 Å². The zero-order valence-corrected chi connectivity index (χ0v) is 17.8. The molecule has 0 bridgehead atoms. The molecule has 0 aliphatic rings. The third-order valence-corrected chi connectivity index (χ3v) is 5.33. The van der Waals surface area contributed by atoms with E-state index in [9.17, 15) is 14.7 Å². The van der Waals surface area contributed by atoms with Crippen LogP contribution >= 0.6 is 0 Å². The van der Waals surface area contributed by atoms with Crippen molar-refractivity contribution in [2.75, 3.05) is 0 Å². The van der Waals surface area contributed by atoms with Crippen LogP contribution in [0.15, 0.2) is 54.6 Å². The first kappa shape index (κ1) is 21.4. The molecule has 0 aliphatic heterocycles. The first-order valence-corrected chi connectivity index (χ1v) is 10.1. The minimum atomic E-state index is -0.353. The number of fused-ring (bicyclic) bond motifs is 1. The normalized spacial score (nSPS) is 12.6. The number of ether oxygens (including phenoxy) is 1. The van der Waals surface area contributed by atoms with Gasteiger partial charge in [0.25, 0.3) is 5.91 Å². The molecule has 0 amide bonds. The number of phenols is 1. The molecule has 0 radical (unpaired) electrons. The van der Waals surface area contributed by atoms with Gasteiger partial charge in [0, 0.05) is 17.2 Å². The number of rotatable bonds is 6. The Labute approximate surface area is 176 Å². The summed E-state index contributed by atoms with van der Waals surface area (Å²) < 4.78 is 7.09. The van der Waals surface area contributed by atoms with Gasteiger partial charge in [0.1, 0.15) is 11.9 Å². The molecule has 3 rings (SSSR count). The molecule has 3 aromatic rings. The predicted octanol–water partition coefficient (Wildman–Crippen LogP) is 5.14. The van der Waals surface area contributed by atoms with E-state index in [1.807, 2.05) is 51.1 Å². The number of aromatic nitrogens is 1. The fourth-order valence-corrected chi connectivity index (χ4v) is 3.31. The second-order valence-electron chi connectivity index (χ2n) is 7.80. The highest BCUT2D eigenvalue weighted by Gasteiger charge is 2.22. The van der Waals surface area contributed by atoms with Crippen molar-refractivity contribution in [3.63, 3.8) is 0 Å². The number of phenolic OH excluding ortho intramolecular Hbond substituents is 1. The quantitative estimate of drug-likeness (QED) is 0.455. The second-order valence-corrected chi connectivity index (χ2v) is 7.80. The number of carbonyl (C=O) groups excluding carboxylic acids is 2. The maximum Gasteiger partial charge on any atom is 0.310 e. The van der Waals surface area contributed by atoms with E-state index < -0.39 is 0 Å². The maximum atomic E-state index is 13.0. The van der Waals surface area contributed by atoms with Gasteiger partial charge < -0.3 is 9.84 Å². The van der Waals surface area contributed by atoms with Crippen LogP contribution in [0.1, 0.15) is 42.4 Å². The van der Waals surface area contributed by atoms with Gasteiger partial charge in [0.05, 0.1) is 11.9 Å². The monoisotopic (exact) mass is 405 g/mol. The number of nitrogens with zero attached hydrogens (tertiary/aromatic N) is 1. The Balaban J connectivity index is 1.97. The molecule has 0 fully saturated rings. The van der Waals surface area contributed by atoms with E-state index in [4.69, 9.17) is 4.74 Å². The Bertz CT molecular complexity index is 1090. The van der Waals surface area contributed by atoms with Crippen molar-refractivity contribution in [2.45, 2.75) is 40.2 Å². The second kappa shape index (κ2) is 8.99. The first-order chi connectivity index (χ1) is 14.3. The van der Waals surface area contributed by atoms with E-state index in [1.165, 1.54) is 12.1 Å². The number of hydrogen-bond acceptors (Lipinski definition) is 4. The van der Waals surface area contributed by atoms with E-state index >= 15 is 0 Å². The van der Waals surface area contributed by atoms with E-state index in [0.29, 0.717) is 22.2 Å². The topological polar surface area (TPSA) is 68.5 Å². The van der Waals surface area contributed by atoms with Crippen molar-refractivity contribution in [3.8, 4) is 5.75 Å². The highest BCUT2D eigenvalue weighted by Crippen LogP contribution is 2.30. The summed E-state index contributed by atoms with van der Waals surface area (Å²) >= 11 is 0. The van der Waals surface area contributed by atoms with Gasteiger partial charge in [-0.1, -0.05) is 44.2 Å². The van der Waals surface area contributed by atoms with Crippen molar-refractivity contribution in [3.05, 3.63) is 71.4 Å². The van der Waals surface area contributed by atoms with Crippen molar-refractivity contribution >= 4 is 28.9 Å². The van der Waals surface area contributed by atoms with Crippen LogP contribution in [-0.4, -0.2) is 27.7 Å². The van der Waals surface area contributed by atoms with Gasteiger partial charge in [0.15, 0.2) is 0 Å². The molecule has 1 heterocycles. The zero-order chi connectivity index (χ0) is 21.8. The van der Waals surface area contributed by atoms with Gasteiger partial charge in [-0.15, -0.1) is 0 Å². The van der Waals surface area contributed by atoms with Crippen LogP contribution in [-0.2, 0) is 16.0 Å². The lowest BCUT2D eigenvalue weighted by Gasteiger charge is -2.16. The van der Waals surface area contributed by atoms with Crippen LogP contribution in [0.2, 0.25) is 0 Å². The molecule has 1 unspecified atom stereocenters. The molecule has 0 saturated heterocycles. The lowest BCUT2D eigenvalue weighted by atomic mass is 10.1. The molecule has 30 heavy (non-hydrogen) atoms. The van der Waals surface area contributed by atoms with Crippen LogP contribution in [0.4, 0.5) is 0 Å². The minimum Gasteiger partial charge on any atom is -0.508 e. The molecule has 156 valence electrons. The summed E-state index contributed by atoms with van der Waals surface area (Å²) in [6.07, 6.45) is 3.10. The fourth-order valence-electron chi connectivity index (χ4n) is 3.31. The number of hydrogen-bond donors (Lipinski definition) is 1. The highest BCUT2D eigenvalue weighted by molar-refractivity contribution is 6.03. The van der Waals surface area contributed by atoms with Crippen LogP contribution in [0.25, 0.3) is 17.0 Å². The Morgan fingerprint density at radius 3 is 2.47 bits per heavy atom. The van der Waals surface area contributed by atoms with E-state index in [0.717, 1.165) is 5.56 Å². The van der Waals surface area contributed by atoms with Gasteiger partial charge in [-0.25, -0.2) is 0 Å². The van der Waals surface area contributed by atoms with Crippen LogP contribution < -0.4 is 0 Å². The fraction of sp³-hybridized carbons (Fsp3) is 0.280. The SMILES string of the molecule is Cc1c(CC(=O)OC(C)C(C)C)c2cc(O)ccc2n1C(=O)C=Cc1ccccc1. The van der Waals surface area contributed by atoms with E-state index in [2.05, 4.69) is 0 Å². The molecule has 1 aromatic heterocycles. The number of aromatic hydroxyl groups is 1. The minimum absolute atomic E-state index is 0.0333. The van der Waals surface area contributed by atoms with Gasteiger partial charge >= 0.3 is 5.97 Å². The molecule has 5 nitrogen and oxygen atoms in total. The molecule has 0 aliphatic carbocycles. The Morgan fingerprint density at radius 1 is 1.10 bits per heavy atom. The number of esters is 1. The smallest absolute Gasteiger partial charge is 0.310 e. The lowest BCUT2D eigenvalue weighted by Crippen LogP contribution is -2.21. The van der Waals surface area contributed by atoms with Crippen LogP contribution in [0.5, 0.6) is 5.75 Å². The summed E-state index contributed by atoms with van der Waals surface area (Å²) in [4.78, 5) is 25.5. The predicted molar refractivity (Wildman–Crippen MR) is 119 cm³/mol. The molecular formula is C25H27NO4. The molecule has 5 heteroatoms. The van der Waals surface area contributed by atoms with Crippen molar-refractivity contribution in [1.29, 1.82) is 0 Å². The molecule has 2 aromatic carbocycles. The standard InChI is InChI=1S/C25H27NO4/c1-16(2)18(4)30-25(29)15-21-17(3)26(23-12-11-20(27)14-22(21)23)24(28)13-10-19-8-6-5-7-9-19/h5-14,16,18,27H,15H2,1-4H3. The van der Waals surface area contributed by atoms with E-state index in [1.54, 1.807) is 29.7 Å². The maximum absolute atomic E-state index is 13.0. The summed E-state index contributed by atoms with van der Waals surface area (Å²) in [5.74, 6) is -0.279. The summed E-state index contributed by atoms with van der Waals surface area (Å²) in [5.41, 5.74) is 2.91. The Kier molecular flexibility index (Phi) is 6.40. The molecule has 0 saturated carbocycles. The molecular weight excluding hydrogens is 378 g/mol. The largest absolute Gasteiger partial charge is 0.508 e. The Hall–Kier alpha value is -3.34. The zero-order valence-electron chi connectivity index (χ0n) is 17.8. The average Bonchev–Trinajstić information content (AvgIpc) is 2.97. The molecule has 1 atom stereocenters.